The molecule has 0 aliphatic rings. The molecule has 0 bridgehead atoms. The van der Waals surface area contributed by atoms with Gasteiger partial charge in [-0.15, -0.1) is 12.6 Å². The Morgan fingerprint density at radius 2 is 2.00 bits per heavy atom. The first-order chi connectivity index (χ1) is 12.4. The van der Waals surface area contributed by atoms with Gasteiger partial charge in [0.15, 0.2) is 6.29 Å². The van der Waals surface area contributed by atoms with Crippen LogP contribution in [0.15, 0.2) is 51.4 Å². The van der Waals surface area contributed by atoms with Crippen molar-refractivity contribution in [2.24, 2.45) is 0 Å². The molecule has 3 N–H and O–H groups in total. The van der Waals surface area contributed by atoms with Crippen LogP contribution in [0.3, 0.4) is 0 Å². The summed E-state index contributed by atoms with van der Waals surface area (Å²) in [6.45, 7) is 5.56. The van der Waals surface area contributed by atoms with Gasteiger partial charge in [-0.05, 0) is 29.9 Å². The van der Waals surface area contributed by atoms with Crippen LogP contribution in [0.4, 0.5) is 17.1 Å². The lowest BCUT2D eigenvalue weighted by atomic mass is 10.1. The lowest BCUT2D eigenvalue weighted by Crippen LogP contribution is -2.39. The fourth-order valence-electron chi connectivity index (χ4n) is 2.50. The minimum absolute atomic E-state index is 0.0696. The number of benzene rings is 1. The summed E-state index contributed by atoms with van der Waals surface area (Å²) in [5, 5.41) is 15.9. The molecule has 7 heteroatoms. The van der Waals surface area contributed by atoms with Crippen molar-refractivity contribution in [3.8, 4) is 5.75 Å². The summed E-state index contributed by atoms with van der Waals surface area (Å²) in [5.41, 5.74) is -0.794. The molecule has 2 aromatic rings. The van der Waals surface area contributed by atoms with E-state index >= 15 is 0 Å². The van der Waals surface area contributed by atoms with Crippen LogP contribution in [0.5, 0.6) is 5.75 Å². The van der Waals surface area contributed by atoms with Gasteiger partial charge < -0.3 is 15.7 Å². The Balaban J connectivity index is 2.26. The van der Waals surface area contributed by atoms with Crippen LogP contribution >= 0.6 is 12.6 Å². The van der Waals surface area contributed by atoms with Crippen molar-refractivity contribution in [3.05, 3.63) is 67.8 Å². The maximum atomic E-state index is 12.0. The van der Waals surface area contributed by atoms with E-state index in [1.165, 1.54) is 12.1 Å². The van der Waals surface area contributed by atoms with Gasteiger partial charge in [0.1, 0.15) is 17.1 Å². The summed E-state index contributed by atoms with van der Waals surface area (Å²) < 4.78 is 0. The molecule has 0 amide bonds. The van der Waals surface area contributed by atoms with E-state index in [0.29, 0.717) is 19.1 Å². The van der Waals surface area contributed by atoms with Crippen LogP contribution in [0, 0.1) is 0 Å². The average molecular weight is 372 g/mol. The molecular weight excluding hydrogens is 352 g/mol. The highest BCUT2D eigenvalue weighted by atomic mass is 32.1. The summed E-state index contributed by atoms with van der Waals surface area (Å²) >= 11 is 4.35. The first kappa shape index (κ1) is 19.5. The number of aldehydes is 1. The van der Waals surface area contributed by atoms with Crippen LogP contribution in [-0.4, -0.2) is 17.4 Å². The van der Waals surface area contributed by atoms with Crippen LogP contribution in [0.2, 0.25) is 0 Å². The molecule has 2 rings (SSSR count). The second-order valence-corrected chi connectivity index (χ2v) is 6.32. The number of nitrogens with one attached hydrogen (secondary N) is 2. The van der Waals surface area contributed by atoms with Gasteiger partial charge in [-0.2, -0.15) is 0 Å². The molecule has 136 valence electrons. The Kier molecular flexibility index (Phi) is 6.41. The number of para-hydroxylation sites is 1. The minimum Gasteiger partial charge on any atom is -0.505 e. The Bertz CT molecular complexity index is 926. The molecule has 0 aliphatic carbocycles. The molecule has 26 heavy (non-hydrogen) atoms. The van der Waals surface area contributed by atoms with Crippen molar-refractivity contribution in [2.45, 2.75) is 25.8 Å². The Morgan fingerprint density at radius 1 is 1.31 bits per heavy atom. The number of hydrogen-bond acceptors (Lipinski definition) is 7. The van der Waals surface area contributed by atoms with Gasteiger partial charge in [-0.1, -0.05) is 31.7 Å². The largest absolute Gasteiger partial charge is 0.505 e. The predicted octanol–water partition coefficient (Wildman–Crippen LogP) is 3.12. The maximum absolute atomic E-state index is 12.0. The van der Waals surface area contributed by atoms with E-state index < -0.39 is 10.9 Å². The number of phenolic OH excluding ortho intramolecular Hbond substituents is 1. The van der Waals surface area contributed by atoms with Crippen molar-refractivity contribution < 1.29 is 9.90 Å². The number of hydrogen-bond donors (Lipinski definition) is 4. The molecule has 0 spiro atoms. The Hall–Kier alpha value is -2.80. The lowest BCUT2D eigenvalue weighted by molar-refractivity contribution is 0.112. The van der Waals surface area contributed by atoms with Crippen molar-refractivity contribution in [1.82, 2.24) is 0 Å². The van der Waals surface area contributed by atoms with Crippen LogP contribution in [0.1, 0.15) is 30.1 Å². The van der Waals surface area contributed by atoms with E-state index in [-0.39, 0.29) is 34.4 Å². The number of allylic oxidation sites excluding steroid dienone is 2. The fourth-order valence-corrected chi connectivity index (χ4v) is 2.82. The zero-order valence-corrected chi connectivity index (χ0v) is 15.2. The van der Waals surface area contributed by atoms with E-state index in [0.717, 1.165) is 4.91 Å². The van der Waals surface area contributed by atoms with E-state index in [1.54, 1.807) is 18.2 Å². The third-order valence-electron chi connectivity index (χ3n) is 3.97. The number of phenols is 1. The zero-order chi connectivity index (χ0) is 19.3. The van der Waals surface area contributed by atoms with Gasteiger partial charge in [-0.3, -0.25) is 14.4 Å². The first-order valence-electron chi connectivity index (χ1n) is 8.07. The molecule has 0 aromatic heterocycles. The standard InChI is InChI=1S/C19H20N2O4S/c1-3-6-13(26)9-12(4-2)20-15-16(19(25)18(15)24)21-14-8-5-7-11(10-22)17(14)23/h3,5-8,10,12,20-21,23,26H,1,4,9H2,2H3/b13-6-/t12-/m0/s1. The van der Waals surface area contributed by atoms with E-state index in [4.69, 9.17) is 0 Å². The molecule has 0 saturated carbocycles. The fraction of sp³-hybridized carbons (Fsp3) is 0.211. The molecule has 0 unspecified atom stereocenters. The monoisotopic (exact) mass is 372 g/mol. The molecule has 0 saturated heterocycles. The maximum Gasteiger partial charge on any atom is 0.253 e. The van der Waals surface area contributed by atoms with Crippen LogP contribution in [-0.2, 0) is 0 Å². The summed E-state index contributed by atoms with van der Waals surface area (Å²) in [6.07, 6.45) is 5.17. The summed E-state index contributed by atoms with van der Waals surface area (Å²) in [7, 11) is 0. The van der Waals surface area contributed by atoms with Gasteiger partial charge in [0.25, 0.3) is 10.9 Å². The van der Waals surface area contributed by atoms with E-state index in [1.807, 2.05) is 6.92 Å². The number of rotatable bonds is 9. The highest BCUT2D eigenvalue weighted by Crippen LogP contribution is 2.31. The van der Waals surface area contributed by atoms with Crippen LogP contribution < -0.4 is 21.5 Å². The summed E-state index contributed by atoms with van der Waals surface area (Å²) in [6, 6.07) is 4.42. The number of anilines is 3. The molecule has 2 aromatic carbocycles. The highest BCUT2D eigenvalue weighted by molar-refractivity contribution is 7.84. The van der Waals surface area contributed by atoms with Gasteiger partial charge in [-0.25, -0.2) is 0 Å². The number of aromatic hydroxyl groups is 1. The van der Waals surface area contributed by atoms with E-state index in [9.17, 15) is 19.5 Å². The van der Waals surface area contributed by atoms with Crippen molar-refractivity contribution in [1.29, 1.82) is 0 Å². The molecule has 1 atom stereocenters. The second kappa shape index (κ2) is 8.53. The van der Waals surface area contributed by atoms with Gasteiger partial charge in [0.05, 0.1) is 11.3 Å². The SMILES string of the molecule is C=C/C=C(\S)C[C@H](CC)Nc1c(Nc2cccc(C=O)c2O)c(=O)c1=O. The zero-order valence-electron chi connectivity index (χ0n) is 14.3. The number of carbonyl (C=O) groups is 1. The van der Waals surface area contributed by atoms with E-state index in [2.05, 4.69) is 29.8 Å². The molecule has 0 radical (unpaired) electrons. The van der Waals surface area contributed by atoms with Crippen molar-refractivity contribution >= 4 is 36.0 Å². The lowest BCUT2D eigenvalue weighted by Gasteiger charge is -2.22. The molecular formula is C19H20N2O4S. The highest BCUT2D eigenvalue weighted by Gasteiger charge is 2.24. The van der Waals surface area contributed by atoms with Gasteiger partial charge >= 0.3 is 0 Å². The normalized spacial score (nSPS) is 12.6. The minimum atomic E-state index is -0.675. The molecule has 0 aliphatic heterocycles. The molecule has 0 fully saturated rings. The average Bonchev–Trinajstić information content (AvgIpc) is 2.64. The van der Waals surface area contributed by atoms with Crippen LogP contribution in [0.25, 0.3) is 0 Å². The first-order valence-corrected chi connectivity index (χ1v) is 8.52. The molecule has 0 heterocycles. The molecule has 6 nitrogen and oxygen atoms in total. The topological polar surface area (TPSA) is 95.5 Å². The summed E-state index contributed by atoms with van der Waals surface area (Å²) in [5.74, 6) is -0.278. The summed E-state index contributed by atoms with van der Waals surface area (Å²) in [4.78, 5) is 35.6. The third-order valence-corrected chi connectivity index (χ3v) is 4.30. The Morgan fingerprint density at radius 3 is 2.62 bits per heavy atom. The second-order valence-electron chi connectivity index (χ2n) is 5.74. The number of thiol groups is 1. The van der Waals surface area contributed by atoms with Gasteiger partial charge in [0, 0.05) is 6.04 Å². The third kappa shape index (κ3) is 4.05. The number of carbonyl (C=O) groups excluding carboxylic acids is 1. The van der Waals surface area contributed by atoms with Gasteiger partial charge in [0.2, 0.25) is 0 Å². The van der Waals surface area contributed by atoms with Crippen molar-refractivity contribution in [2.75, 3.05) is 10.6 Å². The Labute approximate surface area is 156 Å². The predicted molar refractivity (Wildman–Crippen MR) is 108 cm³/mol. The quantitative estimate of drug-likeness (QED) is 0.178. The smallest absolute Gasteiger partial charge is 0.253 e. The van der Waals surface area contributed by atoms with Crippen molar-refractivity contribution in [3.63, 3.8) is 0 Å².